The molecule has 8 heteroatoms. The zero-order chi connectivity index (χ0) is 14.2. The van der Waals surface area contributed by atoms with Crippen molar-refractivity contribution in [1.29, 1.82) is 0 Å². The molecule has 1 rings (SSSR count). The van der Waals surface area contributed by atoms with E-state index in [-0.39, 0.29) is 0 Å². The summed E-state index contributed by atoms with van der Waals surface area (Å²) in [4.78, 5) is 0. The van der Waals surface area contributed by atoms with Gasteiger partial charge in [-0.05, 0) is 44.8 Å². The van der Waals surface area contributed by atoms with Crippen LogP contribution >= 0.6 is 0 Å². The Bertz CT molecular complexity index is 300. The molecule has 0 saturated carbocycles. The smallest absolute Gasteiger partial charge is 0.362 e. The van der Waals surface area contributed by atoms with Crippen LogP contribution in [0.5, 0.6) is 0 Å². The molecule has 0 spiro atoms. The molecule has 1 radical (unpaired) electrons. The summed E-state index contributed by atoms with van der Waals surface area (Å²) in [6, 6.07) is 0. The predicted octanol–water partition coefficient (Wildman–Crippen LogP) is 3.46. The highest BCUT2D eigenvalue weighted by atomic mass is 28.5. The van der Waals surface area contributed by atoms with E-state index in [1.54, 1.807) is 0 Å². The van der Waals surface area contributed by atoms with E-state index in [0.717, 1.165) is 6.42 Å². The Labute approximate surface area is 117 Å². The van der Waals surface area contributed by atoms with Crippen LogP contribution in [0.1, 0.15) is 20.3 Å². The lowest BCUT2D eigenvalue weighted by atomic mass is 10.4. The molecule has 4 nitrogen and oxygen atoms in total. The lowest BCUT2D eigenvalue weighted by Crippen LogP contribution is -2.62. The van der Waals surface area contributed by atoms with Crippen LogP contribution in [0.4, 0.5) is 0 Å². The standard InChI is InChI=1S/C10H27O4Si4/c1-9-10(2)18(8)12-15(3)11-16(4,5)13-17(6,7)14-18/h10H,9H2,1-8H3. The average molecular weight is 324 g/mol. The lowest BCUT2D eigenvalue weighted by Gasteiger charge is -2.45. The Morgan fingerprint density at radius 3 is 2.00 bits per heavy atom. The Kier molecular flexibility index (Phi) is 5.22. The van der Waals surface area contributed by atoms with Gasteiger partial charge in [0.1, 0.15) is 0 Å². The molecule has 1 aliphatic heterocycles. The van der Waals surface area contributed by atoms with E-state index in [1.807, 2.05) is 0 Å². The van der Waals surface area contributed by atoms with Crippen molar-refractivity contribution in [1.82, 2.24) is 0 Å². The maximum absolute atomic E-state index is 6.44. The fourth-order valence-corrected chi connectivity index (χ4v) is 20.6. The molecule has 0 aliphatic carbocycles. The van der Waals surface area contributed by atoms with Crippen LogP contribution in [0.2, 0.25) is 44.8 Å². The minimum atomic E-state index is -2.20. The van der Waals surface area contributed by atoms with E-state index in [2.05, 4.69) is 53.1 Å². The Hall–Kier alpha value is 0.708. The molecule has 2 atom stereocenters. The van der Waals surface area contributed by atoms with Gasteiger partial charge in [0.2, 0.25) is 0 Å². The molecule has 0 amide bonds. The van der Waals surface area contributed by atoms with Gasteiger partial charge in [0.25, 0.3) is 0 Å². The average Bonchev–Trinajstić information content (AvgIpc) is 2.09. The summed E-state index contributed by atoms with van der Waals surface area (Å²) in [5.74, 6) is 0. The second-order valence-electron chi connectivity index (χ2n) is 6.02. The summed E-state index contributed by atoms with van der Waals surface area (Å²) in [7, 11) is -7.74. The van der Waals surface area contributed by atoms with E-state index in [4.69, 9.17) is 16.5 Å². The fourth-order valence-electron chi connectivity index (χ4n) is 2.37. The third-order valence-electron chi connectivity index (χ3n) is 3.18. The molecule has 0 aromatic heterocycles. The summed E-state index contributed by atoms with van der Waals surface area (Å²) in [5, 5.41) is 0. The van der Waals surface area contributed by atoms with Crippen LogP contribution in [0.25, 0.3) is 0 Å². The van der Waals surface area contributed by atoms with E-state index < -0.39 is 35.0 Å². The number of hydrogen-bond donors (Lipinski definition) is 0. The van der Waals surface area contributed by atoms with Crippen molar-refractivity contribution in [3.05, 3.63) is 0 Å². The quantitative estimate of drug-likeness (QED) is 0.729. The van der Waals surface area contributed by atoms with E-state index in [0.29, 0.717) is 5.54 Å². The van der Waals surface area contributed by atoms with Gasteiger partial charge in [-0.25, -0.2) is 0 Å². The van der Waals surface area contributed by atoms with E-state index in [1.165, 1.54) is 0 Å². The number of hydrogen-bond acceptors (Lipinski definition) is 4. The molecule has 1 aliphatic rings. The van der Waals surface area contributed by atoms with Gasteiger partial charge in [-0.1, -0.05) is 20.3 Å². The zero-order valence-electron chi connectivity index (χ0n) is 12.9. The van der Waals surface area contributed by atoms with Crippen LogP contribution in [0.3, 0.4) is 0 Å². The molecule has 18 heavy (non-hydrogen) atoms. The van der Waals surface area contributed by atoms with Gasteiger partial charge in [0.15, 0.2) is 0 Å². The topological polar surface area (TPSA) is 36.9 Å². The molecule has 1 saturated heterocycles. The fraction of sp³-hybridized carbons (Fsp3) is 1.00. The van der Waals surface area contributed by atoms with Crippen molar-refractivity contribution < 1.29 is 16.5 Å². The van der Waals surface area contributed by atoms with Crippen LogP contribution < -0.4 is 0 Å². The van der Waals surface area contributed by atoms with Crippen molar-refractivity contribution >= 4 is 35.0 Å². The van der Waals surface area contributed by atoms with Gasteiger partial charge in [0.05, 0.1) is 0 Å². The molecule has 0 aromatic rings. The summed E-state index contributed by atoms with van der Waals surface area (Å²) in [5.41, 5.74) is 0.458. The Balaban J connectivity index is 2.98. The maximum atomic E-state index is 6.44. The monoisotopic (exact) mass is 323 g/mol. The van der Waals surface area contributed by atoms with Gasteiger partial charge in [-0.2, -0.15) is 0 Å². The highest BCUT2D eigenvalue weighted by Gasteiger charge is 2.50. The first-order valence-corrected chi connectivity index (χ1v) is 16.5. The SMILES string of the molecule is CCC(C)[Si]1(C)O[Si](C)O[Si](C)(C)O[Si](C)(C)O1. The molecule has 107 valence electrons. The van der Waals surface area contributed by atoms with E-state index >= 15 is 0 Å². The van der Waals surface area contributed by atoms with Crippen molar-refractivity contribution in [2.45, 2.75) is 65.1 Å². The molecule has 1 fully saturated rings. The molecule has 0 bridgehead atoms. The van der Waals surface area contributed by atoms with Gasteiger partial charge in [0, 0.05) is 0 Å². The molecular weight excluding hydrogens is 296 g/mol. The van der Waals surface area contributed by atoms with Crippen LogP contribution in [-0.4, -0.2) is 35.0 Å². The third-order valence-corrected chi connectivity index (χ3v) is 18.8. The molecule has 0 aromatic carbocycles. The Morgan fingerprint density at radius 1 is 0.944 bits per heavy atom. The zero-order valence-corrected chi connectivity index (χ0v) is 16.9. The minimum absolute atomic E-state index is 0.458. The summed E-state index contributed by atoms with van der Waals surface area (Å²) in [6.07, 6.45) is 1.07. The predicted molar refractivity (Wildman–Crippen MR) is 82.3 cm³/mol. The van der Waals surface area contributed by atoms with Crippen molar-refractivity contribution in [2.24, 2.45) is 0 Å². The molecular formula is C10H27O4Si4. The van der Waals surface area contributed by atoms with Crippen molar-refractivity contribution in [3.63, 3.8) is 0 Å². The molecule has 1 heterocycles. The first kappa shape index (κ1) is 16.8. The van der Waals surface area contributed by atoms with Gasteiger partial charge in [-0.15, -0.1) is 0 Å². The summed E-state index contributed by atoms with van der Waals surface area (Å²) < 4.78 is 25.1. The van der Waals surface area contributed by atoms with Gasteiger partial charge in [-0.3, -0.25) is 0 Å². The second-order valence-corrected chi connectivity index (χ2v) is 18.9. The van der Waals surface area contributed by atoms with Crippen molar-refractivity contribution in [3.8, 4) is 0 Å². The second kappa shape index (κ2) is 5.60. The lowest BCUT2D eigenvalue weighted by molar-refractivity contribution is 0.240. The first-order valence-electron chi connectivity index (χ1n) is 6.61. The Morgan fingerprint density at radius 2 is 1.50 bits per heavy atom. The normalized spacial score (nSPS) is 34.7. The van der Waals surface area contributed by atoms with Gasteiger partial charge >= 0.3 is 35.0 Å². The van der Waals surface area contributed by atoms with Crippen LogP contribution in [0, 0.1) is 0 Å². The third kappa shape index (κ3) is 4.37. The summed E-state index contributed by atoms with van der Waals surface area (Å²) in [6.45, 7) is 17.0. The molecule has 2 unspecified atom stereocenters. The van der Waals surface area contributed by atoms with Crippen LogP contribution in [0.15, 0.2) is 0 Å². The highest BCUT2D eigenvalue weighted by molar-refractivity contribution is 6.90. The minimum Gasteiger partial charge on any atom is -0.416 e. The first-order chi connectivity index (χ1) is 8.00. The van der Waals surface area contributed by atoms with Crippen LogP contribution in [-0.2, 0) is 16.5 Å². The molecule has 0 N–H and O–H groups in total. The maximum Gasteiger partial charge on any atom is 0.362 e. The van der Waals surface area contributed by atoms with Crippen molar-refractivity contribution in [2.75, 3.05) is 0 Å². The van der Waals surface area contributed by atoms with Gasteiger partial charge < -0.3 is 16.5 Å². The number of rotatable bonds is 2. The largest absolute Gasteiger partial charge is 0.416 e. The summed E-state index contributed by atoms with van der Waals surface area (Å²) >= 11 is 0. The van der Waals surface area contributed by atoms with E-state index in [9.17, 15) is 0 Å². The highest BCUT2D eigenvalue weighted by Crippen LogP contribution is 2.34.